The molecule has 0 aliphatic heterocycles. The van der Waals surface area contributed by atoms with Crippen molar-refractivity contribution < 1.29 is 18.0 Å². The van der Waals surface area contributed by atoms with Gasteiger partial charge in [0.2, 0.25) is 0 Å². The molecule has 0 saturated carbocycles. The van der Waals surface area contributed by atoms with Crippen molar-refractivity contribution >= 4 is 0 Å². The van der Waals surface area contributed by atoms with Crippen LogP contribution in [0.2, 0.25) is 0 Å². The summed E-state index contributed by atoms with van der Waals surface area (Å²) in [6.45, 7) is -0.111. The topological polar surface area (TPSA) is 21.3 Å². The van der Waals surface area contributed by atoms with Crippen molar-refractivity contribution in [3.63, 3.8) is 0 Å². The fourth-order valence-electron chi connectivity index (χ4n) is 0.775. The quantitative estimate of drug-likeness (QED) is 0.584. The van der Waals surface area contributed by atoms with Gasteiger partial charge in [0, 0.05) is 0 Å². The Morgan fingerprint density at radius 1 is 1.15 bits per heavy atom. The summed E-state index contributed by atoms with van der Waals surface area (Å²) in [5.74, 6) is 0. The zero-order valence-electron chi connectivity index (χ0n) is 6.64. The van der Waals surface area contributed by atoms with E-state index in [0.29, 0.717) is 5.56 Å². The number of alkyl halides is 3. The minimum absolute atomic E-state index is 0.111. The number of hydroxylamine groups is 1. The molecule has 0 fully saturated rings. The fraction of sp³-hybridized carbons (Fsp3) is 0.250. The SMILES string of the molecule is FC(F)(F)NOCc1ccccc1. The summed E-state index contributed by atoms with van der Waals surface area (Å²) in [5.41, 5.74) is 1.65. The van der Waals surface area contributed by atoms with Crippen molar-refractivity contribution in [3.8, 4) is 0 Å². The first-order valence-corrected chi connectivity index (χ1v) is 3.57. The van der Waals surface area contributed by atoms with Crippen molar-refractivity contribution in [2.24, 2.45) is 0 Å². The zero-order chi connectivity index (χ0) is 9.73. The Labute approximate surface area is 73.3 Å². The van der Waals surface area contributed by atoms with Gasteiger partial charge < -0.3 is 0 Å². The molecule has 0 bridgehead atoms. The summed E-state index contributed by atoms with van der Waals surface area (Å²) >= 11 is 0. The Morgan fingerprint density at radius 2 is 1.77 bits per heavy atom. The number of nitrogens with one attached hydrogen (secondary N) is 1. The first-order chi connectivity index (χ1) is 6.08. The van der Waals surface area contributed by atoms with Gasteiger partial charge in [-0.2, -0.15) is 13.2 Å². The van der Waals surface area contributed by atoms with Gasteiger partial charge in [-0.25, -0.2) is 0 Å². The number of rotatable bonds is 3. The highest BCUT2D eigenvalue weighted by Gasteiger charge is 2.27. The van der Waals surface area contributed by atoms with Crippen molar-refractivity contribution in [3.05, 3.63) is 35.9 Å². The third kappa shape index (κ3) is 4.49. The molecule has 0 radical (unpaired) electrons. The average Bonchev–Trinajstić information content (AvgIpc) is 2.04. The number of hydrogen-bond donors (Lipinski definition) is 1. The van der Waals surface area contributed by atoms with Gasteiger partial charge in [-0.05, 0) is 5.56 Å². The molecule has 0 unspecified atom stereocenters. The summed E-state index contributed by atoms with van der Waals surface area (Å²) in [7, 11) is 0. The van der Waals surface area contributed by atoms with Gasteiger partial charge in [-0.3, -0.25) is 4.84 Å². The lowest BCUT2D eigenvalue weighted by atomic mass is 10.2. The van der Waals surface area contributed by atoms with Crippen LogP contribution in [0.1, 0.15) is 5.56 Å². The van der Waals surface area contributed by atoms with Gasteiger partial charge >= 0.3 is 6.30 Å². The van der Waals surface area contributed by atoms with Crippen LogP contribution in [0, 0.1) is 0 Å². The normalized spacial score (nSPS) is 11.6. The van der Waals surface area contributed by atoms with Crippen LogP contribution in [0.5, 0.6) is 0 Å². The second kappa shape index (κ2) is 4.25. The lowest BCUT2D eigenvalue weighted by molar-refractivity contribution is -0.242. The molecule has 1 aromatic rings. The van der Waals surface area contributed by atoms with Crippen molar-refractivity contribution in [1.29, 1.82) is 0 Å². The summed E-state index contributed by atoms with van der Waals surface area (Å²) < 4.78 is 34.6. The first kappa shape index (κ1) is 10.0. The second-order valence-corrected chi connectivity index (χ2v) is 2.37. The van der Waals surface area contributed by atoms with Crippen LogP contribution in [0.3, 0.4) is 0 Å². The number of benzene rings is 1. The molecule has 0 atom stereocenters. The van der Waals surface area contributed by atoms with Crippen molar-refractivity contribution in [1.82, 2.24) is 5.48 Å². The number of hydrogen-bond acceptors (Lipinski definition) is 2. The molecule has 1 aromatic carbocycles. The molecule has 0 amide bonds. The molecule has 0 aliphatic carbocycles. The van der Waals surface area contributed by atoms with Gasteiger partial charge in [0.05, 0.1) is 6.61 Å². The summed E-state index contributed by atoms with van der Waals surface area (Å²) in [6, 6.07) is 8.59. The van der Waals surface area contributed by atoms with E-state index in [4.69, 9.17) is 0 Å². The molecular weight excluding hydrogens is 183 g/mol. The molecule has 0 aliphatic rings. The van der Waals surface area contributed by atoms with Crippen LogP contribution >= 0.6 is 0 Å². The molecular formula is C8H8F3NO. The van der Waals surface area contributed by atoms with E-state index >= 15 is 0 Å². The van der Waals surface area contributed by atoms with Crippen LogP contribution in [0.25, 0.3) is 0 Å². The summed E-state index contributed by atoms with van der Waals surface area (Å²) in [4.78, 5) is 4.21. The van der Waals surface area contributed by atoms with E-state index < -0.39 is 6.30 Å². The van der Waals surface area contributed by atoms with Gasteiger partial charge in [0.25, 0.3) is 0 Å². The van der Waals surface area contributed by atoms with Crippen LogP contribution in [-0.2, 0) is 11.4 Å². The molecule has 0 spiro atoms. The fourth-order valence-corrected chi connectivity index (χ4v) is 0.775. The standard InChI is InChI=1S/C8H8F3NO/c9-8(10,11)12-13-6-7-4-2-1-3-5-7/h1-5,12H,6H2. The lowest BCUT2D eigenvalue weighted by Crippen LogP contribution is -2.31. The smallest absolute Gasteiger partial charge is 0.289 e. The monoisotopic (exact) mass is 191 g/mol. The lowest BCUT2D eigenvalue weighted by Gasteiger charge is -2.08. The first-order valence-electron chi connectivity index (χ1n) is 3.57. The zero-order valence-corrected chi connectivity index (χ0v) is 6.64. The van der Waals surface area contributed by atoms with E-state index in [0.717, 1.165) is 5.48 Å². The molecule has 0 heterocycles. The van der Waals surface area contributed by atoms with E-state index in [1.165, 1.54) is 0 Å². The molecule has 2 nitrogen and oxygen atoms in total. The highest BCUT2D eigenvalue weighted by molar-refractivity contribution is 5.13. The maximum atomic E-state index is 11.5. The predicted octanol–water partition coefficient (Wildman–Crippen LogP) is 2.23. The third-order valence-electron chi connectivity index (χ3n) is 1.27. The van der Waals surface area contributed by atoms with Gasteiger partial charge in [0.1, 0.15) is 0 Å². The Hall–Kier alpha value is -1.07. The van der Waals surface area contributed by atoms with Crippen molar-refractivity contribution in [2.75, 3.05) is 0 Å². The van der Waals surface area contributed by atoms with Gasteiger partial charge in [0.15, 0.2) is 0 Å². The average molecular weight is 191 g/mol. The van der Waals surface area contributed by atoms with Crippen LogP contribution in [0.15, 0.2) is 30.3 Å². The minimum Gasteiger partial charge on any atom is -0.289 e. The summed E-state index contributed by atoms with van der Waals surface area (Å²) in [5, 5.41) is 0. The maximum absolute atomic E-state index is 11.5. The van der Waals surface area contributed by atoms with E-state index in [-0.39, 0.29) is 6.61 Å². The Bertz CT molecular complexity index is 247. The van der Waals surface area contributed by atoms with E-state index in [2.05, 4.69) is 4.84 Å². The van der Waals surface area contributed by atoms with E-state index in [9.17, 15) is 13.2 Å². The minimum atomic E-state index is -4.49. The summed E-state index contributed by atoms with van der Waals surface area (Å²) in [6.07, 6.45) is -4.49. The third-order valence-corrected chi connectivity index (χ3v) is 1.27. The molecule has 0 aromatic heterocycles. The number of halogens is 3. The molecule has 72 valence electrons. The predicted molar refractivity (Wildman–Crippen MR) is 40.4 cm³/mol. The Balaban J connectivity index is 2.29. The van der Waals surface area contributed by atoms with Crippen molar-refractivity contribution in [2.45, 2.75) is 12.9 Å². The Kier molecular flexibility index (Phi) is 3.27. The molecule has 1 N–H and O–H groups in total. The van der Waals surface area contributed by atoms with Gasteiger partial charge in [-0.15, -0.1) is 5.48 Å². The molecule has 0 saturated heterocycles. The molecule has 13 heavy (non-hydrogen) atoms. The molecule has 1 rings (SSSR count). The maximum Gasteiger partial charge on any atom is 0.480 e. The highest BCUT2D eigenvalue weighted by atomic mass is 19.4. The molecule has 5 heteroatoms. The largest absolute Gasteiger partial charge is 0.480 e. The van der Waals surface area contributed by atoms with Crippen LogP contribution in [-0.4, -0.2) is 6.30 Å². The highest BCUT2D eigenvalue weighted by Crippen LogP contribution is 2.10. The van der Waals surface area contributed by atoms with Gasteiger partial charge in [-0.1, -0.05) is 30.3 Å². The van der Waals surface area contributed by atoms with Crippen LogP contribution < -0.4 is 5.48 Å². The van der Waals surface area contributed by atoms with E-state index in [1.54, 1.807) is 30.3 Å². The Morgan fingerprint density at radius 3 is 2.31 bits per heavy atom. The second-order valence-electron chi connectivity index (χ2n) is 2.37. The van der Waals surface area contributed by atoms with E-state index in [1.807, 2.05) is 0 Å². The van der Waals surface area contributed by atoms with Crippen LogP contribution in [0.4, 0.5) is 13.2 Å².